The van der Waals surface area contributed by atoms with Gasteiger partial charge in [0.2, 0.25) is 0 Å². The molecule has 0 spiro atoms. The van der Waals surface area contributed by atoms with Gasteiger partial charge in [-0.05, 0) is 32.5 Å². The average molecular weight is 225 g/mol. The molecule has 6 heteroatoms. The second-order valence-corrected chi connectivity index (χ2v) is 4.47. The van der Waals surface area contributed by atoms with Crippen molar-refractivity contribution in [2.75, 3.05) is 20.1 Å². The summed E-state index contributed by atoms with van der Waals surface area (Å²) in [6.07, 6.45) is 0.893. The Bertz CT molecular complexity index is 342. The molecule has 0 saturated carbocycles. The molecule has 82 valence electrons. The van der Waals surface area contributed by atoms with Crippen LogP contribution in [0.2, 0.25) is 0 Å². The zero-order chi connectivity index (χ0) is 11.1. The SMILES string of the molecule is Cc1nc(CN(C)CCCN=[N+]=[N-])cs1. The van der Waals surface area contributed by atoms with E-state index in [-0.39, 0.29) is 0 Å². The summed E-state index contributed by atoms with van der Waals surface area (Å²) >= 11 is 1.67. The van der Waals surface area contributed by atoms with Gasteiger partial charge in [0.05, 0.1) is 10.7 Å². The number of aromatic nitrogens is 1. The molecule has 1 rings (SSSR count). The third-order valence-electron chi connectivity index (χ3n) is 1.96. The van der Waals surface area contributed by atoms with Crippen LogP contribution in [0, 0.1) is 6.92 Å². The molecule has 0 N–H and O–H groups in total. The Morgan fingerprint density at radius 2 is 2.47 bits per heavy atom. The molecular weight excluding hydrogens is 210 g/mol. The Balaban J connectivity index is 2.23. The fraction of sp³-hybridized carbons (Fsp3) is 0.667. The first-order chi connectivity index (χ1) is 7.22. The van der Waals surface area contributed by atoms with E-state index in [1.807, 2.05) is 14.0 Å². The van der Waals surface area contributed by atoms with E-state index in [0.717, 1.165) is 30.2 Å². The van der Waals surface area contributed by atoms with E-state index in [2.05, 4.69) is 25.3 Å². The van der Waals surface area contributed by atoms with Gasteiger partial charge in [-0.15, -0.1) is 11.3 Å². The Kier molecular flexibility index (Phi) is 5.10. The highest BCUT2D eigenvalue weighted by molar-refractivity contribution is 7.09. The van der Waals surface area contributed by atoms with Gasteiger partial charge in [0.15, 0.2) is 0 Å². The first kappa shape index (κ1) is 12.0. The van der Waals surface area contributed by atoms with Gasteiger partial charge in [0.1, 0.15) is 0 Å². The summed E-state index contributed by atoms with van der Waals surface area (Å²) in [7, 11) is 2.05. The number of hydrogen-bond acceptors (Lipinski definition) is 4. The van der Waals surface area contributed by atoms with E-state index in [1.54, 1.807) is 11.3 Å². The molecule has 0 aliphatic rings. The van der Waals surface area contributed by atoms with Crippen LogP contribution in [0.4, 0.5) is 0 Å². The molecule has 0 atom stereocenters. The zero-order valence-electron chi connectivity index (χ0n) is 9.05. The van der Waals surface area contributed by atoms with E-state index >= 15 is 0 Å². The lowest BCUT2D eigenvalue weighted by atomic mass is 10.3. The molecule has 0 aromatic carbocycles. The van der Waals surface area contributed by atoms with E-state index < -0.39 is 0 Å². The van der Waals surface area contributed by atoms with Crippen LogP contribution < -0.4 is 0 Å². The Hall–Kier alpha value is -1.10. The number of aryl methyl sites for hydroxylation is 1. The topological polar surface area (TPSA) is 64.9 Å². The minimum atomic E-state index is 0.566. The monoisotopic (exact) mass is 225 g/mol. The molecule has 1 aromatic heterocycles. The van der Waals surface area contributed by atoms with Gasteiger partial charge in [-0.25, -0.2) is 4.98 Å². The van der Waals surface area contributed by atoms with Gasteiger partial charge in [-0.3, -0.25) is 0 Å². The summed E-state index contributed by atoms with van der Waals surface area (Å²) in [4.78, 5) is 9.29. The van der Waals surface area contributed by atoms with Crippen LogP contribution in [0.5, 0.6) is 0 Å². The highest BCUT2D eigenvalue weighted by Crippen LogP contribution is 2.09. The summed E-state index contributed by atoms with van der Waals surface area (Å²) in [5, 5.41) is 6.68. The van der Waals surface area contributed by atoms with Crippen molar-refractivity contribution in [2.45, 2.75) is 19.9 Å². The minimum absolute atomic E-state index is 0.566. The van der Waals surface area contributed by atoms with Gasteiger partial charge in [-0.1, -0.05) is 5.11 Å². The van der Waals surface area contributed by atoms with Gasteiger partial charge in [0.25, 0.3) is 0 Å². The van der Waals surface area contributed by atoms with Gasteiger partial charge < -0.3 is 4.90 Å². The van der Waals surface area contributed by atoms with Crippen molar-refractivity contribution in [2.24, 2.45) is 5.11 Å². The first-order valence-electron chi connectivity index (χ1n) is 4.83. The van der Waals surface area contributed by atoms with Crippen LogP contribution in [-0.4, -0.2) is 30.0 Å². The summed E-state index contributed by atoms with van der Waals surface area (Å²) < 4.78 is 0. The van der Waals surface area contributed by atoms with Crippen LogP contribution in [-0.2, 0) is 6.54 Å². The van der Waals surface area contributed by atoms with Crippen LogP contribution >= 0.6 is 11.3 Å². The number of thiazole rings is 1. The maximum atomic E-state index is 8.11. The van der Waals surface area contributed by atoms with Crippen LogP contribution in [0.1, 0.15) is 17.1 Å². The summed E-state index contributed by atoms with van der Waals surface area (Å²) in [5.41, 5.74) is 9.22. The largest absolute Gasteiger partial charge is 0.301 e. The molecule has 0 amide bonds. The quantitative estimate of drug-likeness (QED) is 0.323. The second-order valence-electron chi connectivity index (χ2n) is 3.40. The molecule has 0 bridgehead atoms. The van der Waals surface area contributed by atoms with Crippen molar-refractivity contribution in [3.63, 3.8) is 0 Å². The lowest BCUT2D eigenvalue weighted by Gasteiger charge is -2.13. The molecule has 0 saturated heterocycles. The summed E-state index contributed by atoms with van der Waals surface area (Å²) in [6, 6.07) is 0. The number of hydrogen-bond donors (Lipinski definition) is 0. The molecule has 0 unspecified atom stereocenters. The van der Waals surface area contributed by atoms with E-state index in [0.29, 0.717) is 6.54 Å². The van der Waals surface area contributed by atoms with Crippen molar-refractivity contribution >= 4 is 11.3 Å². The van der Waals surface area contributed by atoms with E-state index in [4.69, 9.17) is 5.53 Å². The van der Waals surface area contributed by atoms with Crippen LogP contribution in [0.25, 0.3) is 10.4 Å². The van der Waals surface area contributed by atoms with Crippen LogP contribution in [0.15, 0.2) is 10.5 Å². The van der Waals surface area contributed by atoms with Crippen molar-refractivity contribution < 1.29 is 0 Å². The maximum Gasteiger partial charge on any atom is 0.0897 e. The first-order valence-corrected chi connectivity index (χ1v) is 5.70. The normalized spacial score (nSPS) is 10.3. The second kappa shape index (κ2) is 6.40. The summed E-state index contributed by atoms with van der Waals surface area (Å²) in [5.74, 6) is 0. The lowest BCUT2D eigenvalue weighted by Crippen LogP contribution is -2.19. The zero-order valence-corrected chi connectivity index (χ0v) is 9.87. The van der Waals surface area contributed by atoms with Gasteiger partial charge in [0, 0.05) is 23.4 Å². The molecule has 0 fully saturated rings. The molecule has 15 heavy (non-hydrogen) atoms. The predicted molar refractivity (Wildman–Crippen MR) is 61.8 cm³/mol. The fourth-order valence-corrected chi connectivity index (χ4v) is 1.90. The standard InChI is InChI=1S/C9H15N5S/c1-8-12-9(7-15-8)6-14(2)5-3-4-11-13-10/h7H,3-6H2,1-2H3. The fourth-order valence-electron chi connectivity index (χ4n) is 1.29. The highest BCUT2D eigenvalue weighted by Gasteiger charge is 2.02. The summed E-state index contributed by atoms with van der Waals surface area (Å²) in [6.45, 7) is 4.36. The van der Waals surface area contributed by atoms with Crippen molar-refractivity contribution in [3.05, 3.63) is 26.5 Å². The Labute approximate surface area is 93.4 Å². The van der Waals surface area contributed by atoms with Crippen molar-refractivity contribution in [1.29, 1.82) is 0 Å². The maximum absolute atomic E-state index is 8.11. The van der Waals surface area contributed by atoms with Crippen molar-refractivity contribution in [3.8, 4) is 0 Å². The van der Waals surface area contributed by atoms with Crippen LogP contribution in [0.3, 0.4) is 0 Å². The third-order valence-corrected chi connectivity index (χ3v) is 2.78. The average Bonchev–Trinajstić information content (AvgIpc) is 2.59. The Morgan fingerprint density at radius 3 is 3.07 bits per heavy atom. The van der Waals surface area contributed by atoms with E-state index in [9.17, 15) is 0 Å². The van der Waals surface area contributed by atoms with Crippen molar-refractivity contribution in [1.82, 2.24) is 9.88 Å². The van der Waals surface area contributed by atoms with E-state index in [1.165, 1.54) is 0 Å². The molecule has 5 nitrogen and oxygen atoms in total. The van der Waals surface area contributed by atoms with Gasteiger partial charge >= 0.3 is 0 Å². The highest BCUT2D eigenvalue weighted by atomic mass is 32.1. The molecule has 0 aliphatic heterocycles. The smallest absolute Gasteiger partial charge is 0.0897 e. The molecule has 0 radical (unpaired) electrons. The third kappa shape index (κ3) is 4.78. The van der Waals surface area contributed by atoms with Gasteiger partial charge in [-0.2, -0.15) is 0 Å². The molecular formula is C9H15N5S. The molecule has 1 aromatic rings. The minimum Gasteiger partial charge on any atom is -0.301 e. The molecule has 1 heterocycles. The number of nitrogens with zero attached hydrogens (tertiary/aromatic N) is 5. The Morgan fingerprint density at radius 1 is 1.67 bits per heavy atom. The number of rotatable bonds is 6. The number of azide groups is 1. The molecule has 0 aliphatic carbocycles. The predicted octanol–water partition coefficient (Wildman–Crippen LogP) is 2.58. The lowest BCUT2D eigenvalue weighted by molar-refractivity contribution is 0.321.